The second-order valence-corrected chi connectivity index (χ2v) is 10.3. The molecule has 7 nitrogen and oxygen atoms in total. The number of hydrogen-bond acceptors (Lipinski definition) is 5. The number of sulfonamides is 1. The van der Waals surface area contributed by atoms with Gasteiger partial charge in [0.15, 0.2) is 11.5 Å². The molecule has 178 valence electrons. The number of anilines is 2. The molecule has 0 unspecified atom stereocenters. The minimum Gasteiger partial charge on any atom is -0.486 e. The Labute approximate surface area is 200 Å². The molecule has 0 bridgehead atoms. The maximum atomic E-state index is 13.6. The van der Waals surface area contributed by atoms with Crippen molar-refractivity contribution in [3.05, 3.63) is 77.9 Å². The zero-order valence-corrected chi connectivity index (χ0v) is 20.3. The van der Waals surface area contributed by atoms with Crippen molar-refractivity contribution in [2.45, 2.75) is 31.6 Å². The minimum absolute atomic E-state index is 0.123. The van der Waals surface area contributed by atoms with Gasteiger partial charge in [-0.05, 0) is 54.8 Å². The van der Waals surface area contributed by atoms with Crippen molar-refractivity contribution < 1.29 is 22.7 Å². The normalized spacial score (nSPS) is 12.9. The molecule has 8 heteroatoms. The lowest BCUT2D eigenvalue weighted by Crippen LogP contribution is -2.38. The van der Waals surface area contributed by atoms with Gasteiger partial charge in [0.25, 0.3) is 10.0 Å². The van der Waals surface area contributed by atoms with Crippen LogP contribution in [-0.4, -0.2) is 34.1 Å². The lowest BCUT2D eigenvalue weighted by atomic mass is 10.0. The van der Waals surface area contributed by atoms with Crippen molar-refractivity contribution in [1.29, 1.82) is 0 Å². The number of benzene rings is 3. The summed E-state index contributed by atoms with van der Waals surface area (Å²) in [7, 11) is -3.98. The summed E-state index contributed by atoms with van der Waals surface area (Å²) in [5.74, 6) is 0.977. The smallest absolute Gasteiger partial charge is 0.264 e. The predicted molar refractivity (Wildman–Crippen MR) is 132 cm³/mol. The Morgan fingerprint density at radius 2 is 1.59 bits per heavy atom. The van der Waals surface area contributed by atoms with E-state index in [-0.39, 0.29) is 11.4 Å². The molecule has 0 aromatic heterocycles. The summed E-state index contributed by atoms with van der Waals surface area (Å²) in [5.41, 5.74) is 2.94. The number of ether oxygens (including phenoxy) is 2. The number of carbonyl (C=O) groups excluding carboxylic acids is 1. The van der Waals surface area contributed by atoms with Crippen LogP contribution in [0.15, 0.2) is 71.6 Å². The summed E-state index contributed by atoms with van der Waals surface area (Å²) in [4.78, 5) is 13.1. The lowest BCUT2D eigenvalue weighted by Gasteiger charge is -2.25. The van der Waals surface area contributed by atoms with Crippen LogP contribution >= 0.6 is 0 Å². The van der Waals surface area contributed by atoms with Crippen molar-refractivity contribution in [2.75, 3.05) is 29.4 Å². The van der Waals surface area contributed by atoms with Crippen LogP contribution in [0.5, 0.6) is 11.5 Å². The number of amides is 1. The van der Waals surface area contributed by atoms with E-state index in [9.17, 15) is 13.2 Å². The Kier molecular flexibility index (Phi) is 6.79. The van der Waals surface area contributed by atoms with Gasteiger partial charge in [-0.1, -0.05) is 43.7 Å². The molecule has 1 aliphatic heterocycles. The summed E-state index contributed by atoms with van der Waals surface area (Å²) in [6, 6.07) is 18.9. The summed E-state index contributed by atoms with van der Waals surface area (Å²) >= 11 is 0. The van der Waals surface area contributed by atoms with Crippen molar-refractivity contribution >= 4 is 27.3 Å². The molecule has 3 aromatic rings. The summed E-state index contributed by atoms with van der Waals surface area (Å²) in [6.45, 7) is 6.54. The molecule has 1 N–H and O–H groups in total. The van der Waals surface area contributed by atoms with E-state index in [0.29, 0.717) is 42.0 Å². The highest BCUT2D eigenvalue weighted by Crippen LogP contribution is 2.33. The SMILES string of the molecule is Cc1ccc(S(=O)(=O)N(CC(=O)Nc2ccc3c(c2)OCCO3)c2ccc(C(C)C)cc2)cc1. The number of nitrogens with one attached hydrogen (secondary N) is 1. The first-order valence-electron chi connectivity index (χ1n) is 11.1. The molecular formula is C26H28N2O5S. The molecule has 0 radical (unpaired) electrons. The van der Waals surface area contributed by atoms with E-state index < -0.39 is 15.9 Å². The topological polar surface area (TPSA) is 84.9 Å². The number of hydrogen-bond donors (Lipinski definition) is 1. The van der Waals surface area contributed by atoms with E-state index >= 15 is 0 Å². The lowest BCUT2D eigenvalue weighted by molar-refractivity contribution is -0.114. The first-order chi connectivity index (χ1) is 16.2. The zero-order valence-electron chi connectivity index (χ0n) is 19.4. The Balaban J connectivity index is 1.62. The van der Waals surface area contributed by atoms with Gasteiger partial charge >= 0.3 is 0 Å². The van der Waals surface area contributed by atoms with Gasteiger partial charge in [0, 0.05) is 11.8 Å². The van der Waals surface area contributed by atoms with Gasteiger partial charge in [0.2, 0.25) is 5.91 Å². The largest absolute Gasteiger partial charge is 0.486 e. The van der Waals surface area contributed by atoms with Gasteiger partial charge in [-0.2, -0.15) is 0 Å². The maximum absolute atomic E-state index is 13.6. The highest BCUT2D eigenvalue weighted by atomic mass is 32.2. The highest BCUT2D eigenvalue weighted by molar-refractivity contribution is 7.92. The molecule has 0 saturated carbocycles. The van der Waals surface area contributed by atoms with Gasteiger partial charge in [0.1, 0.15) is 19.8 Å². The van der Waals surface area contributed by atoms with Crippen LogP contribution in [0.25, 0.3) is 0 Å². The molecule has 0 atom stereocenters. The van der Waals surface area contributed by atoms with Crippen LogP contribution in [0, 0.1) is 6.92 Å². The van der Waals surface area contributed by atoms with Crippen LogP contribution in [0.3, 0.4) is 0 Å². The van der Waals surface area contributed by atoms with Crippen molar-refractivity contribution in [3.63, 3.8) is 0 Å². The van der Waals surface area contributed by atoms with Gasteiger partial charge < -0.3 is 14.8 Å². The van der Waals surface area contributed by atoms with Gasteiger partial charge in [-0.3, -0.25) is 9.10 Å². The number of aryl methyl sites for hydroxylation is 1. The molecule has 0 spiro atoms. The van der Waals surface area contributed by atoms with E-state index in [2.05, 4.69) is 19.2 Å². The number of carbonyl (C=O) groups is 1. The van der Waals surface area contributed by atoms with Crippen LogP contribution in [0.1, 0.15) is 30.9 Å². The zero-order chi connectivity index (χ0) is 24.3. The monoisotopic (exact) mass is 480 g/mol. The number of fused-ring (bicyclic) bond motifs is 1. The first kappa shape index (κ1) is 23.6. The summed E-state index contributed by atoms with van der Waals surface area (Å²) in [6.07, 6.45) is 0. The fourth-order valence-electron chi connectivity index (χ4n) is 3.63. The third-order valence-electron chi connectivity index (χ3n) is 5.57. The van der Waals surface area contributed by atoms with E-state index in [1.54, 1.807) is 54.6 Å². The van der Waals surface area contributed by atoms with Gasteiger partial charge in [-0.15, -0.1) is 0 Å². The Hall–Kier alpha value is -3.52. The quantitative estimate of drug-likeness (QED) is 0.529. The molecule has 0 aliphatic carbocycles. The predicted octanol–water partition coefficient (Wildman–Crippen LogP) is 4.72. The third kappa shape index (κ3) is 5.17. The standard InChI is InChI=1S/C26H28N2O5S/c1-18(2)20-6-9-22(10-7-20)28(34(30,31)23-11-4-19(3)5-12-23)17-26(29)27-21-8-13-24-25(16-21)33-15-14-32-24/h4-13,16,18H,14-15,17H2,1-3H3,(H,27,29). The van der Waals surface area contributed by atoms with Crippen LogP contribution < -0.4 is 19.1 Å². The molecule has 0 saturated heterocycles. The summed E-state index contributed by atoms with van der Waals surface area (Å²) < 4.78 is 39.3. The molecule has 1 heterocycles. The van der Waals surface area contributed by atoms with E-state index in [0.717, 1.165) is 15.4 Å². The number of nitrogens with zero attached hydrogens (tertiary/aromatic N) is 1. The van der Waals surface area contributed by atoms with E-state index in [1.807, 2.05) is 19.1 Å². The molecule has 3 aromatic carbocycles. The third-order valence-corrected chi connectivity index (χ3v) is 7.36. The fourth-order valence-corrected chi connectivity index (χ4v) is 5.05. The highest BCUT2D eigenvalue weighted by Gasteiger charge is 2.27. The average molecular weight is 481 g/mol. The Bertz CT molecular complexity index is 1270. The van der Waals surface area contributed by atoms with Crippen molar-refractivity contribution in [3.8, 4) is 11.5 Å². The second-order valence-electron chi connectivity index (χ2n) is 8.48. The number of rotatable bonds is 7. The van der Waals surface area contributed by atoms with Crippen LogP contribution in [0.2, 0.25) is 0 Å². The molecule has 34 heavy (non-hydrogen) atoms. The Morgan fingerprint density at radius 3 is 2.24 bits per heavy atom. The minimum atomic E-state index is -3.98. The van der Waals surface area contributed by atoms with Crippen molar-refractivity contribution in [1.82, 2.24) is 0 Å². The summed E-state index contributed by atoms with van der Waals surface area (Å²) in [5, 5.41) is 2.77. The van der Waals surface area contributed by atoms with E-state index in [4.69, 9.17) is 9.47 Å². The molecular weight excluding hydrogens is 452 g/mol. The van der Waals surface area contributed by atoms with E-state index in [1.165, 1.54) is 0 Å². The fraction of sp³-hybridized carbons (Fsp3) is 0.269. The van der Waals surface area contributed by atoms with Gasteiger partial charge in [0.05, 0.1) is 10.6 Å². The van der Waals surface area contributed by atoms with Crippen molar-refractivity contribution in [2.24, 2.45) is 0 Å². The Morgan fingerprint density at radius 1 is 0.941 bits per heavy atom. The first-order valence-corrected chi connectivity index (χ1v) is 12.6. The molecule has 1 amide bonds. The molecule has 4 rings (SSSR count). The molecule has 0 fully saturated rings. The molecule has 1 aliphatic rings. The average Bonchev–Trinajstić information content (AvgIpc) is 2.83. The van der Waals surface area contributed by atoms with Gasteiger partial charge in [-0.25, -0.2) is 8.42 Å². The van der Waals surface area contributed by atoms with Crippen LogP contribution in [-0.2, 0) is 14.8 Å². The second kappa shape index (κ2) is 9.77. The van der Waals surface area contributed by atoms with Crippen LogP contribution in [0.4, 0.5) is 11.4 Å². The maximum Gasteiger partial charge on any atom is 0.264 e.